The second-order valence-electron chi connectivity index (χ2n) is 3.63. The Bertz CT molecular complexity index is 498. The smallest absolute Gasteiger partial charge is 0.229 e. The lowest BCUT2D eigenvalue weighted by atomic mass is 10.2. The summed E-state index contributed by atoms with van der Waals surface area (Å²) in [6.45, 7) is 0.522. The minimum Gasteiger partial charge on any atom is -0.495 e. The molecule has 0 spiro atoms. The number of rotatable bonds is 2. The molecule has 0 aromatic carbocycles. The number of halogens is 1. The minimum absolute atomic E-state index is 0.0378. The number of hydrogen-bond acceptors (Lipinski definition) is 4. The van der Waals surface area contributed by atoms with Crippen LogP contribution < -0.4 is 9.64 Å². The summed E-state index contributed by atoms with van der Waals surface area (Å²) < 4.78 is 5.09. The van der Waals surface area contributed by atoms with E-state index in [4.69, 9.17) is 10.00 Å². The lowest BCUT2D eigenvalue weighted by Gasteiger charge is -2.17. The summed E-state index contributed by atoms with van der Waals surface area (Å²) in [6.07, 6.45) is 1.95. The van der Waals surface area contributed by atoms with E-state index in [2.05, 4.69) is 20.9 Å². The van der Waals surface area contributed by atoms with Crippen molar-refractivity contribution >= 4 is 27.7 Å². The van der Waals surface area contributed by atoms with Gasteiger partial charge in [-0.1, -0.05) is 15.9 Å². The number of nitriles is 1. The van der Waals surface area contributed by atoms with Crippen molar-refractivity contribution in [1.29, 1.82) is 5.26 Å². The molecule has 2 heterocycles. The van der Waals surface area contributed by atoms with E-state index < -0.39 is 0 Å². The van der Waals surface area contributed by atoms with Crippen LogP contribution in [0.5, 0.6) is 5.75 Å². The van der Waals surface area contributed by atoms with E-state index in [1.54, 1.807) is 6.07 Å². The SMILES string of the molecule is COc1ccnc(N2CC(Br)CC2=O)c1C#N. The number of methoxy groups -OCH3 is 1. The molecule has 2 rings (SSSR count). The molecule has 17 heavy (non-hydrogen) atoms. The van der Waals surface area contributed by atoms with Gasteiger partial charge in [0.05, 0.1) is 7.11 Å². The van der Waals surface area contributed by atoms with Crippen LogP contribution in [0.3, 0.4) is 0 Å². The lowest BCUT2D eigenvalue weighted by Crippen LogP contribution is -2.26. The fourth-order valence-corrected chi connectivity index (χ4v) is 2.35. The van der Waals surface area contributed by atoms with Gasteiger partial charge in [0.1, 0.15) is 17.4 Å². The van der Waals surface area contributed by atoms with Gasteiger partial charge in [0.25, 0.3) is 0 Å². The highest BCUT2D eigenvalue weighted by Gasteiger charge is 2.31. The van der Waals surface area contributed by atoms with Crippen LogP contribution >= 0.6 is 15.9 Å². The molecule has 1 fully saturated rings. The Hall–Kier alpha value is -1.61. The first-order valence-corrected chi connectivity index (χ1v) is 5.96. The van der Waals surface area contributed by atoms with Gasteiger partial charge in [0.2, 0.25) is 5.91 Å². The molecular formula is C11H10BrN3O2. The molecule has 1 aliphatic heterocycles. The lowest BCUT2D eigenvalue weighted by molar-refractivity contribution is -0.117. The van der Waals surface area contributed by atoms with Crippen LogP contribution in [0.15, 0.2) is 12.3 Å². The van der Waals surface area contributed by atoms with E-state index in [9.17, 15) is 4.79 Å². The molecule has 0 bridgehead atoms. The predicted octanol–water partition coefficient (Wildman–Crippen LogP) is 1.46. The highest BCUT2D eigenvalue weighted by Crippen LogP contribution is 2.30. The quantitative estimate of drug-likeness (QED) is 0.775. The van der Waals surface area contributed by atoms with Crippen LogP contribution in [0.2, 0.25) is 0 Å². The van der Waals surface area contributed by atoms with Crippen LogP contribution in [0, 0.1) is 11.3 Å². The Morgan fingerprint density at radius 2 is 2.47 bits per heavy atom. The minimum atomic E-state index is -0.0378. The fraction of sp³-hybridized carbons (Fsp3) is 0.364. The molecule has 0 radical (unpaired) electrons. The van der Waals surface area contributed by atoms with E-state index in [0.29, 0.717) is 30.1 Å². The number of carbonyl (C=O) groups is 1. The summed E-state index contributed by atoms with van der Waals surface area (Å²) in [4.78, 5) is 17.5. The van der Waals surface area contributed by atoms with Gasteiger partial charge >= 0.3 is 0 Å². The third kappa shape index (κ3) is 2.11. The van der Waals surface area contributed by atoms with Gasteiger partial charge in [-0.25, -0.2) is 4.98 Å². The van der Waals surface area contributed by atoms with Crippen LogP contribution in [-0.2, 0) is 4.79 Å². The molecule has 0 aliphatic carbocycles. The zero-order valence-corrected chi connectivity index (χ0v) is 10.8. The van der Waals surface area contributed by atoms with E-state index in [-0.39, 0.29) is 10.7 Å². The molecule has 1 unspecified atom stereocenters. The maximum Gasteiger partial charge on any atom is 0.229 e. The van der Waals surface area contributed by atoms with E-state index in [0.717, 1.165) is 0 Å². The topological polar surface area (TPSA) is 66.2 Å². The summed E-state index contributed by atoms with van der Waals surface area (Å²) in [5.74, 6) is 0.770. The van der Waals surface area contributed by atoms with Gasteiger partial charge in [0, 0.05) is 24.0 Å². The molecular weight excluding hydrogens is 286 g/mol. The molecule has 0 saturated carbocycles. The molecule has 1 amide bonds. The van der Waals surface area contributed by atoms with Crippen molar-refractivity contribution in [1.82, 2.24) is 4.98 Å². The average Bonchev–Trinajstić information content (AvgIpc) is 2.67. The van der Waals surface area contributed by atoms with Crippen LogP contribution in [0.1, 0.15) is 12.0 Å². The van der Waals surface area contributed by atoms with Crippen LogP contribution in [0.25, 0.3) is 0 Å². The number of hydrogen-bond donors (Lipinski definition) is 0. The van der Waals surface area contributed by atoms with Gasteiger partial charge in [-0.3, -0.25) is 9.69 Å². The fourth-order valence-electron chi connectivity index (χ4n) is 1.78. The third-order valence-corrected chi connectivity index (χ3v) is 3.17. The van der Waals surface area contributed by atoms with Gasteiger partial charge < -0.3 is 4.74 Å². The van der Waals surface area contributed by atoms with Crippen molar-refractivity contribution in [3.63, 3.8) is 0 Å². The Kier molecular flexibility index (Phi) is 3.29. The second-order valence-corrected chi connectivity index (χ2v) is 4.92. The maximum absolute atomic E-state index is 11.8. The van der Waals surface area contributed by atoms with E-state index in [1.807, 2.05) is 6.07 Å². The third-order valence-electron chi connectivity index (χ3n) is 2.56. The van der Waals surface area contributed by atoms with Crippen molar-refractivity contribution in [2.75, 3.05) is 18.6 Å². The number of ether oxygens (including phenoxy) is 1. The molecule has 6 heteroatoms. The van der Waals surface area contributed by atoms with Crippen LogP contribution in [0.4, 0.5) is 5.82 Å². The normalized spacial score (nSPS) is 19.2. The first kappa shape index (κ1) is 11.9. The van der Waals surface area contributed by atoms with Gasteiger partial charge in [-0.05, 0) is 6.07 Å². The Morgan fingerprint density at radius 3 is 3.00 bits per heavy atom. The molecule has 1 aromatic rings. The second kappa shape index (κ2) is 4.72. The standard InChI is InChI=1S/C11H10BrN3O2/c1-17-9-2-3-14-11(8(9)5-13)15-6-7(12)4-10(15)16/h2-3,7H,4,6H2,1H3. The van der Waals surface area contributed by atoms with Gasteiger partial charge in [0.15, 0.2) is 5.82 Å². The Labute approximate surface area is 107 Å². The zero-order valence-electron chi connectivity index (χ0n) is 9.18. The van der Waals surface area contributed by atoms with Crippen molar-refractivity contribution in [3.05, 3.63) is 17.8 Å². The Morgan fingerprint density at radius 1 is 1.71 bits per heavy atom. The largest absolute Gasteiger partial charge is 0.495 e. The number of alkyl halides is 1. The summed E-state index contributed by atoms with van der Waals surface area (Å²) >= 11 is 3.39. The van der Waals surface area contributed by atoms with Crippen LogP contribution in [-0.4, -0.2) is 29.4 Å². The van der Waals surface area contributed by atoms with Crippen molar-refractivity contribution < 1.29 is 9.53 Å². The highest BCUT2D eigenvalue weighted by atomic mass is 79.9. The summed E-state index contributed by atoms with van der Waals surface area (Å²) in [5.41, 5.74) is 0.296. The number of anilines is 1. The van der Waals surface area contributed by atoms with Crippen molar-refractivity contribution in [3.8, 4) is 11.8 Å². The molecule has 88 valence electrons. The number of amides is 1. The molecule has 0 N–H and O–H groups in total. The molecule has 1 aliphatic rings. The highest BCUT2D eigenvalue weighted by molar-refractivity contribution is 9.09. The monoisotopic (exact) mass is 295 g/mol. The predicted molar refractivity (Wildman–Crippen MR) is 65.2 cm³/mol. The molecule has 1 aromatic heterocycles. The number of nitrogens with zero attached hydrogens (tertiary/aromatic N) is 3. The van der Waals surface area contributed by atoms with Crippen molar-refractivity contribution in [2.45, 2.75) is 11.2 Å². The first-order chi connectivity index (χ1) is 8.17. The Balaban J connectivity index is 2.46. The van der Waals surface area contributed by atoms with E-state index in [1.165, 1.54) is 18.2 Å². The van der Waals surface area contributed by atoms with Crippen molar-refractivity contribution in [2.24, 2.45) is 0 Å². The van der Waals surface area contributed by atoms with Gasteiger partial charge in [-0.15, -0.1) is 0 Å². The molecule has 1 saturated heterocycles. The van der Waals surface area contributed by atoms with Gasteiger partial charge in [-0.2, -0.15) is 5.26 Å². The average molecular weight is 296 g/mol. The summed E-state index contributed by atoms with van der Waals surface area (Å²) in [5, 5.41) is 9.12. The number of carbonyl (C=O) groups excluding carboxylic acids is 1. The molecule has 1 atom stereocenters. The number of aromatic nitrogens is 1. The zero-order chi connectivity index (χ0) is 12.4. The molecule has 5 nitrogen and oxygen atoms in total. The summed E-state index contributed by atoms with van der Waals surface area (Å²) in [7, 11) is 1.49. The maximum atomic E-state index is 11.8. The summed E-state index contributed by atoms with van der Waals surface area (Å²) in [6, 6.07) is 3.64. The number of pyridine rings is 1. The van der Waals surface area contributed by atoms with E-state index >= 15 is 0 Å². The first-order valence-electron chi connectivity index (χ1n) is 5.05.